The summed E-state index contributed by atoms with van der Waals surface area (Å²) in [4.78, 5) is 20.3. The van der Waals surface area contributed by atoms with E-state index in [0.29, 0.717) is 5.92 Å². The maximum absolute atomic E-state index is 13.0. The number of pyridine rings is 1. The Kier molecular flexibility index (Phi) is 5.59. The standard InChI is InChI=1S/C27H29N4OP/c1-17-5-6-19-14-24(29-23(19)13-17)18-9-11-31(12-10-18)26-21-15-20(33(3)4)7-8-25(21)30(2)27(32)22(26)16-28/h5-8,13,15,18H,9-12,14H2,1-4H3. The Balaban J connectivity index is 1.48. The number of hydrogen-bond acceptors (Lipinski definition) is 4. The zero-order valence-electron chi connectivity index (χ0n) is 19.7. The second kappa shape index (κ2) is 8.43. The van der Waals surface area contributed by atoms with E-state index in [1.165, 1.54) is 22.1 Å². The van der Waals surface area contributed by atoms with Gasteiger partial charge in [0.1, 0.15) is 11.6 Å². The Labute approximate surface area is 196 Å². The smallest absolute Gasteiger partial charge is 0.270 e. The van der Waals surface area contributed by atoms with Gasteiger partial charge in [-0.1, -0.05) is 26.1 Å². The van der Waals surface area contributed by atoms with E-state index in [4.69, 9.17) is 4.99 Å². The third kappa shape index (κ3) is 3.77. The number of piperidine rings is 1. The van der Waals surface area contributed by atoms with Crippen LogP contribution >= 0.6 is 7.92 Å². The first-order valence-corrected chi connectivity index (χ1v) is 13.8. The van der Waals surface area contributed by atoms with Crippen LogP contribution in [0.25, 0.3) is 10.9 Å². The molecule has 1 fully saturated rings. The number of benzene rings is 2. The van der Waals surface area contributed by atoms with Crippen LogP contribution in [0.4, 0.5) is 11.4 Å². The summed E-state index contributed by atoms with van der Waals surface area (Å²) in [5, 5.41) is 12.2. The molecule has 5 nitrogen and oxygen atoms in total. The molecule has 6 heteroatoms. The Morgan fingerprint density at radius 1 is 1.12 bits per heavy atom. The summed E-state index contributed by atoms with van der Waals surface area (Å²) in [7, 11) is 1.49. The molecule has 0 amide bonds. The van der Waals surface area contributed by atoms with Crippen LogP contribution in [0.1, 0.15) is 29.5 Å². The van der Waals surface area contributed by atoms with Crippen LogP contribution < -0.4 is 15.8 Å². The maximum Gasteiger partial charge on any atom is 0.270 e. The molecule has 2 aromatic carbocycles. The Morgan fingerprint density at radius 3 is 2.58 bits per heavy atom. The SMILES string of the molecule is Cc1ccc2c(c1)N=C(C1CCN(c3c(C#N)c(=O)n(C)c4ccc(P(C)C)cc34)CC1)C2. The highest BCUT2D eigenvalue weighted by Crippen LogP contribution is 2.36. The van der Waals surface area contributed by atoms with Gasteiger partial charge in [0.25, 0.3) is 5.56 Å². The molecule has 5 rings (SSSR count). The quantitative estimate of drug-likeness (QED) is 0.540. The normalized spacial score (nSPS) is 16.2. The van der Waals surface area contributed by atoms with E-state index < -0.39 is 0 Å². The van der Waals surface area contributed by atoms with Crippen molar-refractivity contribution in [1.82, 2.24) is 4.57 Å². The van der Waals surface area contributed by atoms with Crippen LogP contribution in [0.2, 0.25) is 0 Å². The van der Waals surface area contributed by atoms with E-state index >= 15 is 0 Å². The number of anilines is 1. The van der Waals surface area contributed by atoms with Gasteiger partial charge >= 0.3 is 0 Å². The van der Waals surface area contributed by atoms with E-state index in [9.17, 15) is 10.1 Å². The van der Waals surface area contributed by atoms with Gasteiger partial charge in [0.2, 0.25) is 0 Å². The van der Waals surface area contributed by atoms with Crippen LogP contribution in [0.3, 0.4) is 0 Å². The van der Waals surface area contributed by atoms with Crippen molar-refractivity contribution in [2.24, 2.45) is 18.0 Å². The monoisotopic (exact) mass is 456 g/mol. The van der Waals surface area contributed by atoms with Gasteiger partial charge in [0, 0.05) is 43.6 Å². The minimum atomic E-state index is -0.273. The first-order valence-electron chi connectivity index (χ1n) is 11.5. The summed E-state index contributed by atoms with van der Waals surface area (Å²) in [6.07, 6.45) is 2.92. The second-order valence-electron chi connectivity index (χ2n) is 9.47. The summed E-state index contributed by atoms with van der Waals surface area (Å²) in [5.41, 5.74) is 6.74. The number of aliphatic imine (C=N–C) groups is 1. The van der Waals surface area contributed by atoms with Gasteiger partial charge in [0.05, 0.1) is 16.9 Å². The average Bonchev–Trinajstić information content (AvgIpc) is 3.24. The van der Waals surface area contributed by atoms with Crippen LogP contribution in [0, 0.1) is 24.2 Å². The van der Waals surface area contributed by atoms with Crippen molar-refractivity contribution in [3.63, 3.8) is 0 Å². The number of hydrogen-bond donors (Lipinski definition) is 0. The number of aryl methyl sites for hydroxylation is 2. The maximum atomic E-state index is 13.0. The lowest BCUT2D eigenvalue weighted by Gasteiger charge is -2.35. The molecule has 0 bridgehead atoms. The van der Waals surface area contributed by atoms with Gasteiger partial charge in [-0.05, 0) is 67.7 Å². The third-order valence-electron chi connectivity index (χ3n) is 7.14. The van der Waals surface area contributed by atoms with Crippen LogP contribution in [0.5, 0.6) is 0 Å². The number of nitriles is 1. The summed E-state index contributed by atoms with van der Waals surface area (Å²) < 4.78 is 1.62. The molecule has 3 heterocycles. The fraction of sp³-hybridized carbons (Fsp3) is 0.370. The predicted octanol–water partition coefficient (Wildman–Crippen LogP) is 4.63. The lowest BCUT2D eigenvalue weighted by atomic mass is 9.89. The van der Waals surface area contributed by atoms with Crippen LogP contribution in [-0.2, 0) is 13.5 Å². The second-order valence-corrected chi connectivity index (χ2v) is 11.8. The fourth-order valence-corrected chi connectivity index (χ4v) is 5.98. The molecule has 0 radical (unpaired) electrons. The summed E-state index contributed by atoms with van der Waals surface area (Å²) >= 11 is 0. The molecule has 2 aliphatic heterocycles. The molecule has 0 N–H and O–H groups in total. The number of rotatable bonds is 3. The molecule has 168 valence electrons. The summed E-state index contributed by atoms with van der Waals surface area (Å²) in [5.74, 6) is 0.451. The van der Waals surface area contributed by atoms with Crippen molar-refractivity contribution in [2.75, 3.05) is 31.3 Å². The van der Waals surface area contributed by atoms with E-state index in [0.717, 1.165) is 54.6 Å². The molecule has 0 aliphatic carbocycles. The zero-order valence-corrected chi connectivity index (χ0v) is 20.6. The van der Waals surface area contributed by atoms with Crippen molar-refractivity contribution in [2.45, 2.75) is 26.2 Å². The summed E-state index contributed by atoms with van der Waals surface area (Å²) in [6, 6.07) is 15.1. The zero-order chi connectivity index (χ0) is 23.3. The first kappa shape index (κ1) is 21.9. The number of nitrogens with zero attached hydrogens (tertiary/aromatic N) is 4. The van der Waals surface area contributed by atoms with Crippen molar-refractivity contribution in [3.05, 3.63) is 63.4 Å². The predicted molar refractivity (Wildman–Crippen MR) is 139 cm³/mol. The molecule has 0 unspecified atom stereocenters. The highest BCUT2D eigenvalue weighted by Gasteiger charge is 2.29. The van der Waals surface area contributed by atoms with Gasteiger partial charge in [-0.15, -0.1) is 0 Å². The highest BCUT2D eigenvalue weighted by molar-refractivity contribution is 7.64. The molecular weight excluding hydrogens is 427 g/mol. The van der Waals surface area contributed by atoms with Crippen molar-refractivity contribution >= 4 is 41.2 Å². The molecule has 0 saturated carbocycles. The van der Waals surface area contributed by atoms with E-state index in [-0.39, 0.29) is 19.0 Å². The van der Waals surface area contributed by atoms with Crippen molar-refractivity contribution < 1.29 is 0 Å². The van der Waals surface area contributed by atoms with Gasteiger partial charge in [-0.25, -0.2) is 0 Å². The van der Waals surface area contributed by atoms with Gasteiger partial charge in [-0.3, -0.25) is 9.79 Å². The topological polar surface area (TPSA) is 61.4 Å². The molecule has 2 aliphatic rings. The Hall–Kier alpha value is -2.96. The number of aromatic nitrogens is 1. The molecular formula is C27H29N4OP. The lowest BCUT2D eigenvalue weighted by molar-refractivity contribution is 0.500. The lowest BCUT2D eigenvalue weighted by Crippen LogP contribution is -2.38. The highest BCUT2D eigenvalue weighted by atomic mass is 31.1. The molecule has 1 saturated heterocycles. The fourth-order valence-electron chi connectivity index (χ4n) is 5.22. The Bertz CT molecular complexity index is 1390. The van der Waals surface area contributed by atoms with Crippen molar-refractivity contribution in [1.29, 1.82) is 5.26 Å². The van der Waals surface area contributed by atoms with Crippen LogP contribution in [-0.4, -0.2) is 36.7 Å². The largest absolute Gasteiger partial charge is 0.370 e. The Morgan fingerprint density at radius 2 is 1.88 bits per heavy atom. The van der Waals surface area contributed by atoms with E-state index in [1.54, 1.807) is 11.6 Å². The summed E-state index contributed by atoms with van der Waals surface area (Å²) in [6.45, 7) is 8.23. The van der Waals surface area contributed by atoms with E-state index in [2.05, 4.69) is 61.6 Å². The first-order chi connectivity index (χ1) is 15.9. The van der Waals surface area contributed by atoms with Crippen molar-refractivity contribution in [3.8, 4) is 6.07 Å². The minimum Gasteiger partial charge on any atom is -0.370 e. The van der Waals surface area contributed by atoms with Gasteiger partial charge < -0.3 is 9.47 Å². The third-order valence-corrected chi connectivity index (χ3v) is 8.45. The molecule has 33 heavy (non-hydrogen) atoms. The molecule has 3 aromatic rings. The van der Waals surface area contributed by atoms with Gasteiger partial charge in [-0.2, -0.15) is 5.26 Å². The van der Waals surface area contributed by atoms with E-state index in [1.807, 2.05) is 6.07 Å². The molecule has 0 spiro atoms. The molecule has 0 atom stereocenters. The number of fused-ring (bicyclic) bond motifs is 2. The minimum absolute atomic E-state index is 0.212. The van der Waals surface area contributed by atoms with Crippen LogP contribution in [0.15, 0.2) is 46.2 Å². The van der Waals surface area contributed by atoms with Gasteiger partial charge in [0.15, 0.2) is 0 Å². The molecule has 1 aromatic heterocycles. The average molecular weight is 457 g/mol.